The lowest BCUT2D eigenvalue weighted by atomic mass is 9.60. The van der Waals surface area contributed by atoms with Crippen molar-refractivity contribution in [3.8, 4) is 0 Å². The van der Waals surface area contributed by atoms with Crippen LogP contribution in [0, 0.1) is 22.7 Å². The van der Waals surface area contributed by atoms with Gasteiger partial charge >= 0.3 is 0 Å². The molecule has 198 valence electrons. The van der Waals surface area contributed by atoms with Gasteiger partial charge in [0.05, 0.1) is 22.4 Å². The molecule has 34 heavy (non-hydrogen) atoms. The predicted molar refractivity (Wildman–Crippen MR) is 146 cm³/mol. The first-order valence-corrected chi connectivity index (χ1v) is 16.1. The van der Waals surface area contributed by atoms with Crippen LogP contribution < -0.4 is 4.72 Å². The summed E-state index contributed by atoms with van der Waals surface area (Å²) in [7, 11) is -3.28. The van der Waals surface area contributed by atoms with Crippen LogP contribution in [0.5, 0.6) is 0 Å². The smallest absolute Gasteiger partial charge is 0.214 e. The van der Waals surface area contributed by atoms with Gasteiger partial charge in [-0.3, -0.25) is 4.99 Å². The Morgan fingerprint density at radius 1 is 1.03 bits per heavy atom. The molecule has 7 heteroatoms. The van der Waals surface area contributed by atoms with E-state index < -0.39 is 10.0 Å². The average molecular weight is 515 g/mol. The number of hydrogen-bond donors (Lipinski definition) is 1. The minimum absolute atomic E-state index is 0.258. The zero-order valence-corrected chi connectivity index (χ0v) is 24.4. The SMILES string of the molecule is CCC(C)(C)C1CCC(OCCCNS(=O)(=O)C2CCC3N=C(C)SC3C2)C(C(C)(C)CC)C1. The molecule has 6 unspecified atom stereocenters. The molecule has 2 aliphatic carbocycles. The largest absolute Gasteiger partial charge is 0.378 e. The molecule has 0 bridgehead atoms. The number of fused-ring (bicyclic) bond motifs is 1. The lowest BCUT2D eigenvalue weighted by molar-refractivity contribution is -0.0800. The number of sulfonamides is 1. The van der Waals surface area contributed by atoms with Crippen molar-refractivity contribution in [2.24, 2.45) is 27.7 Å². The van der Waals surface area contributed by atoms with Crippen LogP contribution in [-0.4, -0.2) is 49.3 Å². The van der Waals surface area contributed by atoms with Crippen LogP contribution in [0.25, 0.3) is 0 Å². The van der Waals surface area contributed by atoms with E-state index in [0.717, 1.165) is 43.1 Å². The number of hydrogen-bond acceptors (Lipinski definition) is 5. The van der Waals surface area contributed by atoms with Gasteiger partial charge in [-0.1, -0.05) is 54.4 Å². The third-order valence-corrected chi connectivity index (χ3v) is 12.7. The summed E-state index contributed by atoms with van der Waals surface area (Å²) in [4.78, 5) is 4.66. The Morgan fingerprint density at radius 2 is 1.74 bits per heavy atom. The number of ether oxygens (including phenoxy) is 1. The Morgan fingerprint density at radius 3 is 2.41 bits per heavy atom. The van der Waals surface area contributed by atoms with Crippen LogP contribution in [0.2, 0.25) is 0 Å². The Labute approximate surface area is 214 Å². The Bertz CT molecular complexity index is 809. The highest BCUT2D eigenvalue weighted by molar-refractivity contribution is 8.14. The van der Waals surface area contributed by atoms with E-state index in [2.05, 4.69) is 51.3 Å². The molecule has 0 aromatic heterocycles. The molecular weight excluding hydrogens is 464 g/mol. The molecule has 2 fully saturated rings. The number of nitrogens with zero attached hydrogens (tertiary/aromatic N) is 1. The van der Waals surface area contributed by atoms with Crippen molar-refractivity contribution in [3.05, 3.63) is 0 Å². The van der Waals surface area contributed by atoms with E-state index in [4.69, 9.17) is 4.74 Å². The van der Waals surface area contributed by atoms with Gasteiger partial charge in [-0.05, 0) is 74.5 Å². The highest BCUT2D eigenvalue weighted by Gasteiger charge is 2.43. The fourth-order valence-corrected chi connectivity index (χ4v) is 9.19. The quantitative estimate of drug-likeness (QED) is 0.323. The summed E-state index contributed by atoms with van der Waals surface area (Å²) < 4.78 is 35.1. The highest BCUT2D eigenvalue weighted by Crippen LogP contribution is 2.49. The Kier molecular flexibility index (Phi) is 9.64. The molecule has 2 saturated carbocycles. The van der Waals surface area contributed by atoms with Gasteiger partial charge in [-0.2, -0.15) is 0 Å². The molecule has 3 aliphatic rings. The first-order chi connectivity index (χ1) is 15.9. The molecule has 1 aliphatic heterocycles. The van der Waals surface area contributed by atoms with Crippen molar-refractivity contribution in [1.29, 1.82) is 0 Å². The van der Waals surface area contributed by atoms with Crippen molar-refractivity contribution in [1.82, 2.24) is 4.72 Å². The second-order valence-electron chi connectivity index (χ2n) is 12.3. The second-order valence-corrected chi connectivity index (χ2v) is 15.8. The fourth-order valence-electron chi connectivity index (χ4n) is 6.18. The third kappa shape index (κ3) is 6.80. The van der Waals surface area contributed by atoms with Gasteiger partial charge in [0.1, 0.15) is 0 Å². The predicted octanol–water partition coefficient (Wildman–Crippen LogP) is 6.42. The Balaban J connectivity index is 1.46. The lowest BCUT2D eigenvalue weighted by Gasteiger charge is -2.48. The van der Waals surface area contributed by atoms with Crippen LogP contribution >= 0.6 is 11.8 Å². The van der Waals surface area contributed by atoms with Crippen LogP contribution in [-0.2, 0) is 14.8 Å². The first kappa shape index (κ1) is 28.5. The molecule has 1 N–H and O–H groups in total. The lowest BCUT2D eigenvalue weighted by Crippen LogP contribution is -2.44. The van der Waals surface area contributed by atoms with E-state index in [9.17, 15) is 8.42 Å². The maximum absolute atomic E-state index is 12.9. The van der Waals surface area contributed by atoms with Gasteiger partial charge in [-0.15, -0.1) is 11.8 Å². The molecule has 0 aromatic carbocycles. The van der Waals surface area contributed by atoms with E-state index in [0.29, 0.717) is 42.2 Å². The average Bonchev–Trinajstić information content (AvgIpc) is 3.18. The summed E-state index contributed by atoms with van der Waals surface area (Å²) in [6.45, 7) is 17.4. The van der Waals surface area contributed by atoms with Crippen LogP contribution in [0.4, 0.5) is 0 Å². The Hall–Kier alpha value is -0.110. The van der Waals surface area contributed by atoms with E-state index >= 15 is 0 Å². The molecular formula is C27H50N2O3S2. The van der Waals surface area contributed by atoms with Gasteiger partial charge in [0.2, 0.25) is 10.0 Å². The normalized spacial score (nSPS) is 33.0. The minimum atomic E-state index is -3.28. The van der Waals surface area contributed by atoms with E-state index in [1.54, 1.807) is 11.8 Å². The van der Waals surface area contributed by atoms with Crippen molar-refractivity contribution in [3.63, 3.8) is 0 Å². The molecule has 0 spiro atoms. The maximum Gasteiger partial charge on any atom is 0.214 e. The van der Waals surface area contributed by atoms with Crippen molar-refractivity contribution >= 4 is 26.8 Å². The van der Waals surface area contributed by atoms with Gasteiger partial charge in [0.15, 0.2) is 0 Å². The zero-order chi connectivity index (χ0) is 25.1. The molecule has 1 heterocycles. The molecule has 0 radical (unpaired) electrons. The van der Waals surface area contributed by atoms with Crippen LogP contribution in [0.3, 0.4) is 0 Å². The van der Waals surface area contributed by atoms with Gasteiger partial charge in [0.25, 0.3) is 0 Å². The van der Waals surface area contributed by atoms with Crippen LogP contribution in [0.15, 0.2) is 4.99 Å². The summed E-state index contributed by atoms with van der Waals surface area (Å²) in [6.07, 6.45) is 9.31. The summed E-state index contributed by atoms with van der Waals surface area (Å²) in [5.74, 6) is 1.31. The molecule has 0 aromatic rings. The second kappa shape index (κ2) is 11.5. The topological polar surface area (TPSA) is 67.8 Å². The highest BCUT2D eigenvalue weighted by atomic mass is 32.2. The number of nitrogens with one attached hydrogen (secondary N) is 1. The maximum atomic E-state index is 12.9. The number of rotatable bonds is 11. The fraction of sp³-hybridized carbons (Fsp3) is 0.963. The van der Waals surface area contributed by atoms with Gasteiger partial charge < -0.3 is 4.74 Å². The zero-order valence-electron chi connectivity index (χ0n) is 22.7. The third-order valence-electron chi connectivity index (χ3n) is 9.49. The van der Waals surface area contributed by atoms with E-state index in [1.807, 2.05) is 6.92 Å². The molecule has 0 amide bonds. The van der Waals surface area contributed by atoms with Crippen molar-refractivity contribution < 1.29 is 13.2 Å². The van der Waals surface area contributed by atoms with Gasteiger partial charge in [-0.25, -0.2) is 13.1 Å². The van der Waals surface area contributed by atoms with Crippen molar-refractivity contribution in [2.45, 2.75) is 129 Å². The number of thioether (sulfide) groups is 1. The first-order valence-electron chi connectivity index (χ1n) is 13.7. The van der Waals surface area contributed by atoms with E-state index in [-0.39, 0.29) is 16.8 Å². The monoisotopic (exact) mass is 514 g/mol. The molecule has 6 atom stereocenters. The molecule has 5 nitrogen and oxygen atoms in total. The van der Waals surface area contributed by atoms with Crippen LogP contribution in [0.1, 0.15) is 106 Å². The van der Waals surface area contributed by atoms with E-state index in [1.165, 1.54) is 19.3 Å². The molecule has 0 saturated heterocycles. The number of aliphatic imine (C=N–C) groups is 1. The standard InChI is InChI=1S/C27H50N2O3S2/c1-8-26(4,5)20-11-14-24(22(17-20)27(6,7)9-2)32-16-10-15-28-34(30,31)21-12-13-23-25(18-21)33-19(3)29-23/h20-25,28H,8-18H2,1-7H3. The summed E-state index contributed by atoms with van der Waals surface area (Å²) in [5.41, 5.74) is 0.639. The van der Waals surface area contributed by atoms with Gasteiger partial charge in [0, 0.05) is 18.4 Å². The summed E-state index contributed by atoms with van der Waals surface area (Å²) in [5, 5.41) is 1.16. The summed E-state index contributed by atoms with van der Waals surface area (Å²) >= 11 is 1.76. The summed E-state index contributed by atoms with van der Waals surface area (Å²) in [6, 6.07) is 0.322. The molecule has 3 rings (SSSR count). The minimum Gasteiger partial charge on any atom is -0.378 e. The van der Waals surface area contributed by atoms with Crippen molar-refractivity contribution in [2.75, 3.05) is 13.2 Å².